The van der Waals surface area contributed by atoms with Crippen LogP contribution in [0.5, 0.6) is 0 Å². The van der Waals surface area contributed by atoms with Gasteiger partial charge in [0, 0.05) is 37.3 Å². The Morgan fingerprint density at radius 2 is 1.26 bits per heavy atom. The molecule has 2 aromatic heterocycles. The van der Waals surface area contributed by atoms with E-state index in [1.165, 1.54) is 0 Å². The number of aromatic nitrogens is 3. The molecule has 0 saturated carbocycles. The molecule has 4 heteroatoms. The first kappa shape index (κ1) is 22.5. The third-order valence-corrected chi connectivity index (χ3v) is 7.18. The van der Waals surface area contributed by atoms with Gasteiger partial charge in [-0.3, -0.25) is 4.57 Å². The molecule has 5 aromatic carbocycles. The van der Waals surface area contributed by atoms with Crippen molar-refractivity contribution in [1.29, 1.82) is 0 Å². The monoisotopic (exact) mass is 549 g/mol. The van der Waals surface area contributed by atoms with Gasteiger partial charge in [0.25, 0.3) is 0 Å². The zero-order valence-electron chi connectivity index (χ0n) is 20.3. The second-order valence-corrected chi connectivity index (χ2v) is 10.0. The Morgan fingerprint density at radius 1 is 0.553 bits per heavy atom. The molecule has 0 fully saturated rings. The maximum absolute atomic E-state index is 5.14. The first-order chi connectivity index (χ1) is 18.7. The number of hydrogen-bond donors (Lipinski definition) is 0. The molecule has 0 unspecified atom stereocenters. The van der Waals surface area contributed by atoms with Crippen molar-refractivity contribution in [3.05, 3.63) is 137 Å². The van der Waals surface area contributed by atoms with Crippen LogP contribution in [0.15, 0.2) is 126 Å². The molecule has 2 heterocycles. The molecular formula is C34H20BrN3. The lowest BCUT2D eigenvalue weighted by Crippen LogP contribution is -2.03. The number of benzene rings is 5. The second-order valence-electron chi connectivity index (χ2n) is 9.10. The smallest absolute Gasteiger partial charge is 0.235 e. The zero-order chi connectivity index (χ0) is 25.5. The minimum absolute atomic E-state index is 0.654. The van der Waals surface area contributed by atoms with Crippen LogP contribution in [-0.2, 0) is 0 Å². The molecule has 0 radical (unpaired) electrons. The van der Waals surface area contributed by atoms with Crippen LogP contribution in [0.25, 0.3) is 49.9 Å². The number of rotatable bonds is 2. The van der Waals surface area contributed by atoms with Crippen LogP contribution in [0, 0.1) is 11.8 Å². The highest BCUT2D eigenvalue weighted by Gasteiger charge is 2.17. The minimum Gasteiger partial charge on any atom is -0.278 e. The van der Waals surface area contributed by atoms with Gasteiger partial charge in [0.05, 0.1) is 22.2 Å². The Bertz CT molecular complexity index is 2050. The summed E-state index contributed by atoms with van der Waals surface area (Å²) in [4.78, 5) is 10.2. The van der Waals surface area contributed by atoms with Gasteiger partial charge in [-0.15, -0.1) is 0 Å². The second kappa shape index (κ2) is 9.30. The van der Waals surface area contributed by atoms with E-state index in [0.29, 0.717) is 5.95 Å². The molecule has 0 amide bonds. The van der Waals surface area contributed by atoms with E-state index in [4.69, 9.17) is 9.97 Å². The van der Waals surface area contributed by atoms with E-state index >= 15 is 0 Å². The number of hydrogen-bond acceptors (Lipinski definition) is 2. The molecule has 0 atom stereocenters. The molecular weight excluding hydrogens is 530 g/mol. The largest absolute Gasteiger partial charge is 0.278 e. The highest BCUT2D eigenvalue weighted by atomic mass is 79.9. The Morgan fingerprint density at radius 3 is 2.11 bits per heavy atom. The molecule has 0 bridgehead atoms. The SMILES string of the molecule is Brc1cccc(C#Cc2ccc3c(c2)c2ccccc2n3-c2nc(-c3ccccc3)c3ccccc3n2)c1. The molecule has 0 saturated heterocycles. The average molecular weight is 550 g/mol. The highest BCUT2D eigenvalue weighted by Crippen LogP contribution is 2.34. The van der Waals surface area contributed by atoms with Crippen LogP contribution >= 0.6 is 15.9 Å². The van der Waals surface area contributed by atoms with E-state index < -0.39 is 0 Å². The molecule has 7 aromatic rings. The number of nitrogens with zero attached hydrogens (tertiary/aromatic N) is 3. The van der Waals surface area contributed by atoms with E-state index in [0.717, 1.165) is 59.6 Å². The summed E-state index contributed by atoms with van der Waals surface area (Å²) >= 11 is 3.53. The molecule has 0 aliphatic rings. The van der Waals surface area contributed by atoms with Crippen molar-refractivity contribution < 1.29 is 0 Å². The van der Waals surface area contributed by atoms with Gasteiger partial charge in [0.15, 0.2) is 0 Å². The van der Waals surface area contributed by atoms with Crippen molar-refractivity contribution >= 4 is 48.6 Å². The first-order valence-electron chi connectivity index (χ1n) is 12.4. The molecule has 7 rings (SSSR count). The zero-order valence-corrected chi connectivity index (χ0v) is 21.9. The summed E-state index contributed by atoms with van der Waals surface area (Å²) in [6.07, 6.45) is 0. The van der Waals surface area contributed by atoms with Crippen molar-refractivity contribution in [3.63, 3.8) is 0 Å². The number of para-hydroxylation sites is 2. The maximum atomic E-state index is 5.14. The summed E-state index contributed by atoms with van der Waals surface area (Å²) in [5, 5.41) is 3.31. The van der Waals surface area contributed by atoms with E-state index in [1.807, 2.05) is 54.6 Å². The Labute approximate surface area is 228 Å². The van der Waals surface area contributed by atoms with E-state index in [9.17, 15) is 0 Å². The van der Waals surface area contributed by atoms with Gasteiger partial charge in [-0.1, -0.05) is 101 Å². The van der Waals surface area contributed by atoms with Gasteiger partial charge in [0.2, 0.25) is 5.95 Å². The summed E-state index contributed by atoms with van der Waals surface area (Å²) in [5.74, 6) is 7.28. The van der Waals surface area contributed by atoms with Crippen LogP contribution in [0.2, 0.25) is 0 Å². The third-order valence-electron chi connectivity index (χ3n) is 6.69. The van der Waals surface area contributed by atoms with Gasteiger partial charge in [0.1, 0.15) is 0 Å². The van der Waals surface area contributed by atoms with Crippen molar-refractivity contribution in [1.82, 2.24) is 14.5 Å². The average Bonchev–Trinajstić information content (AvgIpc) is 3.30. The lowest BCUT2D eigenvalue weighted by Gasteiger charge is -2.11. The molecule has 0 N–H and O–H groups in total. The topological polar surface area (TPSA) is 30.7 Å². The summed E-state index contributed by atoms with van der Waals surface area (Å²) in [7, 11) is 0. The number of fused-ring (bicyclic) bond motifs is 4. The van der Waals surface area contributed by atoms with Gasteiger partial charge in [-0.25, -0.2) is 9.97 Å². The van der Waals surface area contributed by atoms with Crippen LogP contribution in [0.4, 0.5) is 0 Å². The fourth-order valence-electron chi connectivity index (χ4n) is 4.96. The Hall–Kier alpha value is -4.72. The van der Waals surface area contributed by atoms with Crippen molar-refractivity contribution in [3.8, 4) is 29.0 Å². The molecule has 3 nitrogen and oxygen atoms in total. The van der Waals surface area contributed by atoms with Gasteiger partial charge < -0.3 is 0 Å². The van der Waals surface area contributed by atoms with Crippen LogP contribution in [0.1, 0.15) is 11.1 Å². The van der Waals surface area contributed by atoms with Gasteiger partial charge in [-0.2, -0.15) is 0 Å². The van der Waals surface area contributed by atoms with Crippen molar-refractivity contribution in [2.75, 3.05) is 0 Å². The normalized spacial score (nSPS) is 11.1. The Kier molecular flexibility index (Phi) is 5.50. The molecule has 0 aliphatic heterocycles. The summed E-state index contributed by atoms with van der Waals surface area (Å²) < 4.78 is 3.18. The van der Waals surface area contributed by atoms with E-state index in [2.05, 4.69) is 99.1 Å². The highest BCUT2D eigenvalue weighted by molar-refractivity contribution is 9.10. The molecule has 38 heavy (non-hydrogen) atoms. The minimum atomic E-state index is 0.654. The predicted molar refractivity (Wildman–Crippen MR) is 159 cm³/mol. The standard InChI is InChI=1S/C34H20BrN3/c35-26-12-8-9-23(21-26)17-18-24-19-20-32-29(22-24)27-13-5-7-16-31(27)38(32)34-36-30-15-6-4-14-28(30)33(37-34)25-10-2-1-3-11-25/h1-16,19-22H. The van der Waals surface area contributed by atoms with Crippen molar-refractivity contribution in [2.24, 2.45) is 0 Å². The number of halogens is 1. The summed E-state index contributed by atoms with van der Waals surface area (Å²) in [6.45, 7) is 0. The van der Waals surface area contributed by atoms with Crippen molar-refractivity contribution in [2.45, 2.75) is 0 Å². The van der Waals surface area contributed by atoms with Crippen LogP contribution < -0.4 is 0 Å². The first-order valence-corrected chi connectivity index (χ1v) is 13.2. The van der Waals surface area contributed by atoms with E-state index in [-0.39, 0.29) is 0 Å². The quantitative estimate of drug-likeness (QED) is 0.202. The summed E-state index contributed by atoms with van der Waals surface area (Å²) in [6, 6.07) is 41.3. The predicted octanol–water partition coefficient (Wildman–Crippen LogP) is 8.56. The summed E-state index contributed by atoms with van der Waals surface area (Å²) in [5.41, 5.74) is 6.96. The third kappa shape index (κ3) is 3.94. The van der Waals surface area contributed by atoms with Gasteiger partial charge in [-0.05, 0) is 48.5 Å². The fourth-order valence-corrected chi connectivity index (χ4v) is 5.36. The van der Waals surface area contributed by atoms with E-state index in [1.54, 1.807) is 0 Å². The lowest BCUT2D eigenvalue weighted by molar-refractivity contribution is 1.01. The lowest BCUT2D eigenvalue weighted by atomic mass is 10.1. The Balaban J connectivity index is 1.46. The van der Waals surface area contributed by atoms with Gasteiger partial charge >= 0.3 is 0 Å². The van der Waals surface area contributed by atoms with Crippen LogP contribution in [-0.4, -0.2) is 14.5 Å². The molecule has 178 valence electrons. The molecule has 0 aliphatic carbocycles. The van der Waals surface area contributed by atoms with Crippen LogP contribution in [0.3, 0.4) is 0 Å². The molecule has 0 spiro atoms. The fraction of sp³-hybridized carbons (Fsp3) is 0. The maximum Gasteiger partial charge on any atom is 0.235 e.